The van der Waals surface area contributed by atoms with Crippen LogP contribution in [-0.4, -0.2) is 5.88 Å². The predicted molar refractivity (Wildman–Crippen MR) is 49.0 cm³/mol. The molecule has 1 atom stereocenters. The van der Waals surface area contributed by atoms with Gasteiger partial charge in [-0.15, -0.1) is 11.6 Å². The van der Waals surface area contributed by atoms with Crippen LogP contribution < -0.4 is 0 Å². The lowest BCUT2D eigenvalue weighted by Gasteiger charge is -2.11. The minimum absolute atomic E-state index is 0.748. The standard InChI is InChI=1S/C10H17Cl/c11-8-9-7-10(9)5-3-1-2-4-6-10/h9H,1-8H2. The minimum Gasteiger partial charge on any atom is -0.126 e. The van der Waals surface area contributed by atoms with Gasteiger partial charge in [0.05, 0.1) is 0 Å². The van der Waals surface area contributed by atoms with E-state index in [-0.39, 0.29) is 0 Å². The Morgan fingerprint density at radius 2 is 1.73 bits per heavy atom. The van der Waals surface area contributed by atoms with Crippen molar-refractivity contribution in [2.45, 2.75) is 44.9 Å². The van der Waals surface area contributed by atoms with Crippen LogP contribution in [0.25, 0.3) is 0 Å². The highest BCUT2D eigenvalue weighted by Gasteiger charge is 2.51. The fraction of sp³-hybridized carbons (Fsp3) is 1.00. The molecule has 11 heavy (non-hydrogen) atoms. The summed E-state index contributed by atoms with van der Waals surface area (Å²) in [5.74, 6) is 1.81. The van der Waals surface area contributed by atoms with E-state index in [1.54, 1.807) is 0 Å². The summed E-state index contributed by atoms with van der Waals surface area (Å²) in [5.41, 5.74) is 0.748. The SMILES string of the molecule is ClCC1CC12CCCCCC2. The molecule has 0 aromatic carbocycles. The average Bonchev–Trinajstić information content (AvgIpc) is 2.76. The van der Waals surface area contributed by atoms with Crippen molar-refractivity contribution in [1.29, 1.82) is 0 Å². The molecular weight excluding hydrogens is 156 g/mol. The van der Waals surface area contributed by atoms with Crippen molar-refractivity contribution in [3.8, 4) is 0 Å². The van der Waals surface area contributed by atoms with Crippen molar-refractivity contribution in [2.24, 2.45) is 11.3 Å². The van der Waals surface area contributed by atoms with E-state index in [9.17, 15) is 0 Å². The van der Waals surface area contributed by atoms with E-state index in [0.717, 1.165) is 17.2 Å². The summed E-state index contributed by atoms with van der Waals surface area (Å²) in [6.07, 6.45) is 10.3. The molecule has 0 aromatic rings. The molecule has 0 aromatic heterocycles. The monoisotopic (exact) mass is 172 g/mol. The summed E-state index contributed by atoms with van der Waals surface area (Å²) in [6.45, 7) is 0. The van der Waals surface area contributed by atoms with Crippen LogP contribution in [0.2, 0.25) is 0 Å². The van der Waals surface area contributed by atoms with Crippen molar-refractivity contribution in [3.05, 3.63) is 0 Å². The molecule has 2 rings (SSSR count). The molecule has 2 aliphatic carbocycles. The summed E-state index contributed by atoms with van der Waals surface area (Å²) >= 11 is 5.88. The van der Waals surface area contributed by atoms with E-state index in [1.807, 2.05) is 0 Å². The molecule has 0 nitrogen and oxygen atoms in total. The van der Waals surface area contributed by atoms with E-state index in [2.05, 4.69) is 0 Å². The average molecular weight is 173 g/mol. The summed E-state index contributed by atoms with van der Waals surface area (Å²) in [4.78, 5) is 0. The van der Waals surface area contributed by atoms with E-state index in [4.69, 9.17) is 11.6 Å². The van der Waals surface area contributed by atoms with Crippen LogP contribution in [-0.2, 0) is 0 Å². The summed E-state index contributed by atoms with van der Waals surface area (Å²) < 4.78 is 0. The normalized spacial score (nSPS) is 35.2. The van der Waals surface area contributed by atoms with Gasteiger partial charge >= 0.3 is 0 Å². The third-order valence-electron chi connectivity index (χ3n) is 3.64. The highest BCUT2D eigenvalue weighted by molar-refractivity contribution is 6.18. The van der Waals surface area contributed by atoms with Crippen molar-refractivity contribution >= 4 is 11.6 Å². The molecule has 0 heterocycles. The highest BCUT2D eigenvalue weighted by Crippen LogP contribution is 2.60. The molecule has 0 N–H and O–H groups in total. The molecular formula is C10H17Cl. The first-order valence-electron chi connectivity index (χ1n) is 4.93. The molecule has 0 radical (unpaired) electrons. The first-order chi connectivity index (χ1) is 5.37. The lowest BCUT2D eigenvalue weighted by Crippen LogP contribution is -2.02. The van der Waals surface area contributed by atoms with Crippen LogP contribution in [0.3, 0.4) is 0 Å². The van der Waals surface area contributed by atoms with Gasteiger partial charge in [-0.25, -0.2) is 0 Å². The Balaban J connectivity index is 1.92. The topological polar surface area (TPSA) is 0 Å². The van der Waals surface area contributed by atoms with Gasteiger partial charge in [-0.1, -0.05) is 25.7 Å². The lowest BCUT2D eigenvalue weighted by molar-refractivity contribution is 0.405. The molecule has 2 saturated carbocycles. The molecule has 2 fully saturated rings. The Bertz CT molecular complexity index is 134. The first kappa shape index (κ1) is 7.91. The summed E-state index contributed by atoms with van der Waals surface area (Å²) in [5, 5.41) is 0. The fourth-order valence-electron chi connectivity index (χ4n) is 2.70. The van der Waals surface area contributed by atoms with Gasteiger partial charge in [0, 0.05) is 5.88 Å². The zero-order chi connectivity index (χ0) is 7.73. The van der Waals surface area contributed by atoms with Gasteiger partial charge in [0.15, 0.2) is 0 Å². The molecule has 64 valence electrons. The minimum atomic E-state index is 0.748. The van der Waals surface area contributed by atoms with Gasteiger partial charge in [-0.05, 0) is 30.6 Å². The maximum atomic E-state index is 5.88. The molecule has 0 amide bonds. The van der Waals surface area contributed by atoms with Gasteiger partial charge in [0.1, 0.15) is 0 Å². The van der Waals surface area contributed by atoms with Gasteiger partial charge in [-0.2, -0.15) is 0 Å². The van der Waals surface area contributed by atoms with Crippen LogP contribution in [0.4, 0.5) is 0 Å². The van der Waals surface area contributed by atoms with Crippen LogP contribution in [0.1, 0.15) is 44.9 Å². The van der Waals surface area contributed by atoms with Crippen LogP contribution in [0.15, 0.2) is 0 Å². The largest absolute Gasteiger partial charge is 0.126 e. The number of alkyl halides is 1. The second-order valence-electron chi connectivity index (χ2n) is 4.33. The van der Waals surface area contributed by atoms with Crippen molar-refractivity contribution in [3.63, 3.8) is 0 Å². The maximum absolute atomic E-state index is 5.88. The van der Waals surface area contributed by atoms with Crippen molar-refractivity contribution in [1.82, 2.24) is 0 Å². The Labute approximate surface area is 74.3 Å². The number of rotatable bonds is 1. The molecule has 1 spiro atoms. The molecule has 0 bridgehead atoms. The third kappa shape index (κ3) is 1.42. The Morgan fingerprint density at radius 3 is 2.18 bits per heavy atom. The van der Waals surface area contributed by atoms with E-state index in [0.29, 0.717) is 0 Å². The molecule has 0 saturated heterocycles. The van der Waals surface area contributed by atoms with E-state index < -0.39 is 0 Å². The predicted octanol–water partition coefficient (Wildman–Crippen LogP) is 3.59. The van der Waals surface area contributed by atoms with Crippen LogP contribution >= 0.6 is 11.6 Å². The fourth-order valence-corrected chi connectivity index (χ4v) is 3.13. The lowest BCUT2D eigenvalue weighted by atomic mass is 9.94. The number of halogens is 1. The molecule has 2 aliphatic rings. The quantitative estimate of drug-likeness (QED) is 0.531. The number of hydrogen-bond acceptors (Lipinski definition) is 0. The Kier molecular flexibility index (Phi) is 2.14. The third-order valence-corrected chi connectivity index (χ3v) is 4.02. The zero-order valence-electron chi connectivity index (χ0n) is 7.11. The van der Waals surface area contributed by atoms with Crippen LogP contribution in [0.5, 0.6) is 0 Å². The van der Waals surface area contributed by atoms with Gasteiger partial charge < -0.3 is 0 Å². The maximum Gasteiger partial charge on any atom is 0.0257 e. The second-order valence-corrected chi connectivity index (χ2v) is 4.64. The zero-order valence-corrected chi connectivity index (χ0v) is 7.87. The molecule has 1 heteroatoms. The highest BCUT2D eigenvalue weighted by atomic mass is 35.5. The first-order valence-corrected chi connectivity index (χ1v) is 5.47. The molecule has 1 unspecified atom stereocenters. The van der Waals surface area contributed by atoms with Crippen LogP contribution in [0, 0.1) is 11.3 Å². The number of hydrogen-bond donors (Lipinski definition) is 0. The smallest absolute Gasteiger partial charge is 0.0257 e. The Hall–Kier alpha value is 0.290. The molecule has 0 aliphatic heterocycles. The second kappa shape index (κ2) is 2.97. The van der Waals surface area contributed by atoms with E-state index >= 15 is 0 Å². The Morgan fingerprint density at radius 1 is 1.09 bits per heavy atom. The van der Waals surface area contributed by atoms with E-state index in [1.165, 1.54) is 44.9 Å². The van der Waals surface area contributed by atoms with Gasteiger partial charge in [0.25, 0.3) is 0 Å². The summed E-state index contributed by atoms with van der Waals surface area (Å²) in [6, 6.07) is 0. The van der Waals surface area contributed by atoms with Crippen molar-refractivity contribution < 1.29 is 0 Å². The summed E-state index contributed by atoms with van der Waals surface area (Å²) in [7, 11) is 0. The van der Waals surface area contributed by atoms with Crippen molar-refractivity contribution in [2.75, 3.05) is 5.88 Å². The van der Waals surface area contributed by atoms with Gasteiger partial charge in [-0.3, -0.25) is 0 Å². The van der Waals surface area contributed by atoms with Gasteiger partial charge in [0.2, 0.25) is 0 Å².